The Bertz CT molecular complexity index is 1090. The van der Waals surface area contributed by atoms with E-state index in [-0.39, 0.29) is 12.7 Å². The Morgan fingerprint density at radius 3 is 2.68 bits per heavy atom. The van der Waals surface area contributed by atoms with Gasteiger partial charge in [-0.25, -0.2) is 4.98 Å². The zero-order valence-corrected chi connectivity index (χ0v) is 17.9. The average Bonchev–Trinajstić information content (AvgIpc) is 3.48. The third-order valence-corrected chi connectivity index (χ3v) is 6.40. The summed E-state index contributed by atoms with van der Waals surface area (Å²) in [5, 5.41) is 3.19. The van der Waals surface area contributed by atoms with Gasteiger partial charge in [0.15, 0.2) is 11.5 Å². The van der Waals surface area contributed by atoms with Gasteiger partial charge in [0, 0.05) is 49.7 Å². The van der Waals surface area contributed by atoms with Gasteiger partial charge in [0.2, 0.25) is 12.7 Å². The number of nitrogens with zero attached hydrogens (tertiary/aromatic N) is 3. The molecule has 3 aromatic rings. The predicted octanol–water partition coefficient (Wildman–Crippen LogP) is 3.90. The fraction of sp³-hybridized carbons (Fsp3) is 0.250. The van der Waals surface area contributed by atoms with Crippen LogP contribution < -0.4 is 9.47 Å². The Morgan fingerprint density at radius 2 is 1.84 bits per heavy atom. The van der Waals surface area contributed by atoms with Gasteiger partial charge in [0.1, 0.15) is 5.01 Å². The van der Waals surface area contributed by atoms with Gasteiger partial charge in [-0.2, -0.15) is 0 Å². The van der Waals surface area contributed by atoms with Crippen molar-refractivity contribution in [3.8, 4) is 22.1 Å². The molecule has 0 atom stereocenters. The molecule has 1 fully saturated rings. The number of carbonyl (C=O) groups excluding carboxylic acids is 1. The molecule has 2 aliphatic rings. The molecule has 2 aromatic carbocycles. The lowest BCUT2D eigenvalue weighted by Gasteiger charge is -2.33. The second-order valence-corrected chi connectivity index (χ2v) is 8.42. The Hall–Kier alpha value is -3.16. The number of fused-ring (bicyclic) bond motifs is 1. The predicted molar refractivity (Wildman–Crippen MR) is 121 cm³/mol. The highest BCUT2D eigenvalue weighted by molar-refractivity contribution is 7.13. The minimum atomic E-state index is 0.0392. The number of carbonyl (C=O) groups is 1. The van der Waals surface area contributed by atoms with Crippen LogP contribution in [0.4, 0.5) is 0 Å². The molecule has 5 rings (SSSR count). The van der Waals surface area contributed by atoms with Crippen LogP contribution in [0.2, 0.25) is 0 Å². The van der Waals surface area contributed by atoms with Gasteiger partial charge >= 0.3 is 0 Å². The highest BCUT2D eigenvalue weighted by Crippen LogP contribution is 2.32. The Labute approximate surface area is 185 Å². The number of aromatic nitrogens is 1. The van der Waals surface area contributed by atoms with E-state index in [1.54, 1.807) is 17.4 Å². The largest absolute Gasteiger partial charge is 0.454 e. The molecule has 31 heavy (non-hydrogen) atoms. The van der Waals surface area contributed by atoms with Crippen molar-refractivity contribution >= 4 is 23.3 Å². The van der Waals surface area contributed by atoms with Crippen LogP contribution in [-0.4, -0.2) is 53.7 Å². The normalized spacial score (nSPS) is 16.2. The summed E-state index contributed by atoms with van der Waals surface area (Å²) in [6.07, 6.45) is 3.47. The molecule has 1 saturated heterocycles. The van der Waals surface area contributed by atoms with Crippen molar-refractivity contribution in [1.29, 1.82) is 0 Å². The number of piperazine rings is 1. The lowest BCUT2D eigenvalue weighted by Crippen LogP contribution is -2.47. The summed E-state index contributed by atoms with van der Waals surface area (Å²) in [6, 6.07) is 15.9. The van der Waals surface area contributed by atoms with Gasteiger partial charge in [0.05, 0.1) is 5.69 Å². The highest BCUT2D eigenvalue weighted by Gasteiger charge is 2.20. The van der Waals surface area contributed by atoms with Crippen LogP contribution in [-0.2, 0) is 11.3 Å². The van der Waals surface area contributed by atoms with E-state index < -0.39 is 0 Å². The van der Waals surface area contributed by atoms with E-state index in [4.69, 9.17) is 14.5 Å². The van der Waals surface area contributed by atoms with Crippen molar-refractivity contribution < 1.29 is 14.3 Å². The summed E-state index contributed by atoms with van der Waals surface area (Å²) in [7, 11) is 0. The monoisotopic (exact) mass is 433 g/mol. The number of benzene rings is 2. The van der Waals surface area contributed by atoms with Crippen molar-refractivity contribution in [2.24, 2.45) is 0 Å². The van der Waals surface area contributed by atoms with E-state index in [0.717, 1.165) is 66.1 Å². The number of rotatable bonds is 5. The van der Waals surface area contributed by atoms with Gasteiger partial charge in [-0.3, -0.25) is 9.69 Å². The van der Waals surface area contributed by atoms with Crippen molar-refractivity contribution in [2.45, 2.75) is 6.54 Å². The molecule has 7 heteroatoms. The molecule has 0 saturated carbocycles. The van der Waals surface area contributed by atoms with Crippen LogP contribution in [0.15, 0.2) is 60.0 Å². The van der Waals surface area contributed by atoms with Gasteiger partial charge in [-0.15, -0.1) is 11.3 Å². The summed E-state index contributed by atoms with van der Waals surface area (Å²) in [5.74, 6) is 1.51. The van der Waals surface area contributed by atoms with E-state index in [0.29, 0.717) is 0 Å². The van der Waals surface area contributed by atoms with E-state index in [1.807, 2.05) is 47.4 Å². The Balaban J connectivity index is 1.13. The number of hydrogen-bond acceptors (Lipinski definition) is 6. The zero-order valence-electron chi connectivity index (χ0n) is 17.1. The molecule has 6 nitrogen and oxygen atoms in total. The van der Waals surface area contributed by atoms with Crippen LogP contribution in [0.3, 0.4) is 0 Å². The molecule has 158 valence electrons. The first-order valence-electron chi connectivity index (χ1n) is 10.3. The van der Waals surface area contributed by atoms with E-state index in [2.05, 4.69) is 22.4 Å². The number of amides is 1. The zero-order chi connectivity index (χ0) is 21.0. The number of thiazole rings is 1. The minimum Gasteiger partial charge on any atom is -0.454 e. The third kappa shape index (κ3) is 4.62. The molecule has 0 spiro atoms. The molecule has 0 aliphatic carbocycles. The first-order chi connectivity index (χ1) is 15.2. The summed E-state index contributed by atoms with van der Waals surface area (Å²) >= 11 is 1.68. The van der Waals surface area contributed by atoms with Crippen molar-refractivity contribution in [3.63, 3.8) is 0 Å². The lowest BCUT2D eigenvalue weighted by molar-refractivity contribution is -0.127. The first-order valence-corrected chi connectivity index (χ1v) is 11.2. The molecule has 1 aromatic heterocycles. The first kappa shape index (κ1) is 19.8. The van der Waals surface area contributed by atoms with Crippen LogP contribution in [0.1, 0.15) is 11.3 Å². The summed E-state index contributed by atoms with van der Waals surface area (Å²) < 4.78 is 10.7. The standard InChI is InChI=1S/C24H23N3O3S/c28-23(9-7-18-6-8-21-22(14-18)30-17-29-21)27-12-10-26(11-13-27)15-20-16-31-24(25-20)19-4-2-1-3-5-19/h1-9,14,16H,10-13,15,17H2. The molecule has 1 amide bonds. The van der Waals surface area contributed by atoms with Crippen molar-refractivity contribution in [3.05, 3.63) is 71.2 Å². The quantitative estimate of drug-likeness (QED) is 0.572. The highest BCUT2D eigenvalue weighted by atomic mass is 32.1. The van der Waals surface area contributed by atoms with E-state index in [9.17, 15) is 4.79 Å². The molecular formula is C24H23N3O3S. The number of ether oxygens (including phenoxy) is 2. The van der Waals surface area contributed by atoms with Crippen molar-refractivity contribution in [1.82, 2.24) is 14.8 Å². The van der Waals surface area contributed by atoms with Crippen LogP contribution in [0, 0.1) is 0 Å². The second kappa shape index (κ2) is 8.91. The molecule has 0 radical (unpaired) electrons. The SMILES string of the molecule is O=C(C=Cc1ccc2c(c1)OCO2)N1CCN(Cc2csc(-c3ccccc3)n2)CC1. The second-order valence-electron chi connectivity index (χ2n) is 7.56. The lowest BCUT2D eigenvalue weighted by atomic mass is 10.2. The maximum absolute atomic E-state index is 12.6. The summed E-state index contributed by atoms with van der Waals surface area (Å²) in [5.41, 5.74) is 3.17. The van der Waals surface area contributed by atoms with Crippen LogP contribution >= 0.6 is 11.3 Å². The minimum absolute atomic E-state index is 0.0392. The molecule has 0 N–H and O–H groups in total. The van der Waals surface area contributed by atoms with Gasteiger partial charge in [0.25, 0.3) is 0 Å². The molecule has 2 aliphatic heterocycles. The summed E-state index contributed by atoms with van der Waals surface area (Å²) in [4.78, 5) is 21.6. The maximum Gasteiger partial charge on any atom is 0.246 e. The topological polar surface area (TPSA) is 54.9 Å². The molecule has 0 bridgehead atoms. The average molecular weight is 434 g/mol. The molecular weight excluding hydrogens is 410 g/mol. The maximum atomic E-state index is 12.6. The van der Waals surface area contributed by atoms with Gasteiger partial charge in [-0.05, 0) is 23.8 Å². The van der Waals surface area contributed by atoms with Gasteiger partial charge in [-0.1, -0.05) is 36.4 Å². The van der Waals surface area contributed by atoms with Gasteiger partial charge < -0.3 is 14.4 Å². The molecule has 3 heterocycles. The van der Waals surface area contributed by atoms with E-state index in [1.165, 1.54) is 0 Å². The smallest absolute Gasteiger partial charge is 0.246 e. The fourth-order valence-corrected chi connectivity index (χ4v) is 4.56. The molecule has 0 unspecified atom stereocenters. The van der Waals surface area contributed by atoms with Crippen molar-refractivity contribution in [2.75, 3.05) is 33.0 Å². The van der Waals surface area contributed by atoms with Crippen LogP contribution in [0.5, 0.6) is 11.5 Å². The third-order valence-electron chi connectivity index (χ3n) is 5.46. The Kier molecular flexibility index (Phi) is 5.69. The fourth-order valence-electron chi connectivity index (χ4n) is 3.74. The Morgan fingerprint density at radius 1 is 1.03 bits per heavy atom. The summed E-state index contributed by atoms with van der Waals surface area (Å²) in [6.45, 7) is 4.21. The number of hydrogen-bond donors (Lipinski definition) is 0. The van der Waals surface area contributed by atoms with E-state index >= 15 is 0 Å². The van der Waals surface area contributed by atoms with Crippen LogP contribution in [0.25, 0.3) is 16.6 Å².